The van der Waals surface area contributed by atoms with Gasteiger partial charge in [-0.15, -0.1) is 0 Å². The van der Waals surface area contributed by atoms with Crippen molar-refractivity contribution in [3.05, 3.63) is 23.8 Å². The van der Waals surface area contributed by atoms with Crippen molar-refractivity contribution in [3.63, 3.8) is 0 Å². The number of hydrogen-bond donors (Lipinski definition) is 7. The Bertz CT molecular complexity index is 729. The lowest BCUT2D eigenvalue weighted by molar-refractivity contribution is -0.284. The number of carboxylic acid groups (broad SMARTS) is 1. The summed E-state index contributed by atoms with van der Waals surface area (Å²) in [7, 11) is 0. The van der Waals surface area contributed by atoms with Crippen LogP contribution in [0.3, 0.4) is 0 Å². The summed E-state index contributed by atoms with van der Waals surface area (Å²) in [5.41, 5.74) is -0.0544. The maximum atomic E-state index is 11.8. The van der Waals surface area contributed by atoms with Crippen molar-refractivity contribution in [2.24, 2.45) is 0 Å². The molecule has 5 atom stereocenters. The molecule has 0 spiro atoms. The fourth-order valence-corrected chi connectivity index (χ4v) is 2.18. The van der Waals surface area contributed by atoms with E-state index in [2.05, 4.69) is 0 Å². The third-order valence-electron chi connectivity index (χ3n) is 3.57. The van der Waals surface area contributed by atoms with Crippen LogP contribution in [0.15, 0.2) is 18.2 Å². The quantitative estimate of drug-likeness (QED) is 0.137. The number of aliphatic hydroxyl groups is 3. The number of phenols is 3. The van der Waals surface area contributed by atoms with Crippen molar-refractivity contribution in [2.45, 2.75) is 30.7 Å². The van der Waals surface area contributed by atoms with E-state index >= 15 is 0 Å². The average molecular weight is 372 g/mol. The Hall–Kier alpha value is -2.86. The first-order valence-electron chi connectivity index (χ1n) is 7.18. The van der Waals surface area contributed by atoms with Gasteiger partial charge in [0.15, 0.2) is 17.6 Å². The fourth-order valence-electron chi connectivity index (χ4n) is 2.18. The molecular weight excluding hydrogens is 356 g/mol. The van der Waals surface area contributed by atoms with Gasteiger partial charge in [-0.05, 0) is 12.1 Å². The van der Waals surface area contributed by atoms with Gasteiger partial charge >= 0.3 is 11.9 Å². The molecule has 1 heterocycles. The largest absolute Gasteiger partial charge is 0.507 e. The predicted octanol–water partition coefficient (Wildman–Crippen LogP) is -1.75. The number of carboxylic acids is 1. The molecule has 1 aromatic carbocycles. The summed E-state index contributed by atoms with van der Waals surface area (Å²) < 4.78 is 9.46. The maximum absolute atomic E-state index is 11.8. The lowest BCUT2D eigenvalue weighted by Gasteiger charge is -2.37. The average Bonchev–Trinajstić information content (AvgIpc) is 2.57. The normalized spacial score (nSPS) is 28.8. The van der Waals surface area contributed by atoms with Gasteiger partial charge in [-0.2, -0.15) is 0 Å². The van der Waals surface area contributed by atoms with E-state index in [0.29, 0.717) is 0 Å². The van der Waals surface area contributed by atoms with Gasteiger partial charge in [-0.3, -0.25) is 0 Å². The van der Waals surface area contributed by atoms with Gasteiger partial charge in [0.2, 0.25) is 6.29 Å². The third kappa shape index (κ3) is 4.03. The van der Waals surface area contributed by atoms with Gasteiger partial charge in [0.25, 0.3) is 0 Å². The van der Waals surface area contributed by atoms with E-state index in [1.165, 1.54) is 0 Å². The zero-order valence-corrected chi connectivity index (χ0v) is 13.0. The van der Waals surface area contributed by atoms with Gasteiger partial charge in [0, 0.05) is 17.7 Å². The summed E-state index contributed by atoms with van der Waals surface area (Å²) in [5, 5.41) is 65.9. The number of ether oxygens (including phenoxy) is 2. The summed E-state index contributed by atoms with van der Waals surface area (Å²) in [6, 6.07) is 1.80. The van der Waals surface area contributed by atoms with Crippen LogP contribution in [0, 0.1) is 0 Å². The van der Waals surface area contributed by atoms with Crippen LogP contribution in [0.2, 0.25) is 0 Å². The molecule has 0 aliphatic carbocycles. The van der Waals surface area contributed by atoms with E-state index in [4.69, 9.17) is 14.6 Å². The van der Waals surface area contributed by atoms with Gasteiger partial charge in [0.1, 0.15) is 24.1 Å². The van der Waals surface area contributed by atoms with Crippen molar-refractivity contribution in [3.8, 4) is 17.2 Å². The maximum Gasteiger partial charge on any atom is 0.335 e. The second kappa shape index (κ2) is 7.58. The van der Waals surface area contributed by atoms with Crippen LogP contribution >= 0.6 is 0 Å². The van der Waals surface area contributed by atoms with Crippen LogP contribution in [0.5, 0.6) is 17.2 Å². The molecule has 7 N–H and O–H groups in total. The Labute approximate surface area is 145 Å². The summed E-state index contributed by atoms with van der Waals surface area (Å²) in [4.78, 5) is 22.7. The molecule has 11 nitrogen and oxygen atoms in total. The molecule has 2 rings (SSSR count). The Balaban J connectivity index is 2.09. The summed E-state index contributed by atoms with van der Waals surface area (Å²) in [6.07, 6.45) is -7.78. The number of carbonyl (C=O) groups is 2. The number of carbonyl (C=O) groups excluding carboxylic acids is 1. The highest BCUT2D eigenvalue weighted by molar-refractivity contribution is 5.88. The molecule has 142 valence electrons. The van der Waals surface area contributed by atoms with Crippen LogP contribution in [0.1, 0.15) is 5.56 Å². The third-order valence-corrected chi connectivity index (χ3v) is 3.57. The fraction of sp³-hybridized carbons (Fsp3) is 0.333. The summed E-state index contributed by atoms with van der Waals surface area (Å²) in [5.74, 6) is -4.36. The molecule has 1 aliphatic heterocycles. The molecule has 1 fully saturated rings. The molecule has 11 heteroatoms. The van der Waals surface area contributed by atoms with E-state index < -0.39 is 59.9 Å². The van der Waals surface area contributed by atoms with E-state index in [9.17, 15) is 40.2 Å². The van der Waals surface area contributed by atoms with Gasteiger partial charge in [-0.1, -0.05) is 0 Å². The zero-order valence-electron chi connectivity index (χ0n) is 13.0. The number of aliphatic carboxylic acids is 1. The molecule has 1 aliphatic rings. The standard InChI is InChI=1S/C15H16O11/c16-6-4-8(18)7(17)3-5(6)1-2-9(19)25-15-12(22)10(20)11(21)13(26-15)14(23)24/h1-4,10-13,15-18,20-22H,(H,23,24)/b2-1+. The van der Waals surface area contributed by atoms with Crippen LogP contribution in [0.25, 0.3) is 6.08 Å². The molecule has 0 bridgehead atoms. The second-order valence-corrected chi connectivity index (χ2v) is 5.41. The van der Waals surface area contributed by atoms with E-state index in [1.54, 1.807) is 0 Å². The van der Waals surface area contributed by atoms with Crippen LogP contribution in [0.4, 0.5) is 0 Å². The van der Waals surface area contributed by atoms with Crippen LogP contribution in [-0.4, -0.2) is 78.4 Å². The lowest BCUT2D eigenvalue weighted by atomic mass is 9.99. The molecule has 26 heavy (non-hydrogen) atoms. The number of esters is 1. The first-order chi connectivity index (χ1) is 12.1. The van der Waals surface area contributed by atoms with Gasteiger partial charge in [0.05, 0.1) is 0 Å². The van der Waals surface area contributed by atoms with E-state index in [0.717, 1.165) is 24.3 Å². The number of rotatable bonds is 4. The van der Waals surface area contributed by atoms with Crippen molar-refractivity contribution < 1.29 is 54.8 Å². The SMILES string of the molecule is O=C(/C=C/c1cc(O)c(O)cc1O)OC1OC(C(=O)O)C(O)C(O)C1O. The predicted molar refractivity (Wildman–Crippen MR) is 80.9 cm³/mol. The number of aromatic hydroxyl groups is 3. The van der Waals surface area contributed by atoms with E-state index in [-0.39, 0.29) is 5.56 Å². The number of hydrogen-bond acceptors (Lipinski definition) is 10. The Morgan fingerprint density at radius 3 is 2.19 bits per heavy atom. The smallest absolute Gasteiger partial charge is 0.335 e. The molecule has 0 aromatic heterocycles. The summed E-state index contributed by atoms with van der Waals surface area (Å²) >= 11 is 0. The molecule has 1 saturated heterocycles. The minimum absolute atomic E-state index is 0.0544. The van der Waals surface area contributed by atoms with Crippen LogP contribution in [-0.2, 0) is 19.1 Å². The molecule has 5 unspecified atom stereocenters. The highest BCUT2D eigenvalue weighted by Gasteiger charge is 2.48. The molecule has 0 saturated carbocycles. The number of phenolic OH excluding ortho intramolecular Hbond substituents is 3. The number of benzene rings is 1. The van der Waals surface area contributed by atoms with Crippen molar-refractivity contribution >= 4 is 18.0 Å². The molecular formula is C15H16O11. The molecule has 1 aromatic rings. The first-order valence-corrected chi connectivity index (χ1v) is 7.18. The minimum atomic E-state index is -1.93. The molecule has 0 radical (unpaired) electrons. The monoisotopic (exact) mass is 372 g/mol. The van der Waals surface area contributed by atoms with Gasteiger partial charge < -0.3 is 45.2 Å². The second-order valence-electron chi connectivity index (χ2n) is 5.41. The van der Waals surface area contributed by atoms with E-state index in [1.807, 2.05) is 0 Å². The zero-order chi connectivity index (χ0) is 19.6. The van der Waals surface area contributed by atoms with Crippen molar-refractivity contribution in [2.75, 3.05) is 0 Å². The Kier molecular flexibility index (Phi) is 5.67. The highest BCUT2D eigenvalue weighted by Crippen LogP contribution is 2.32. The highest BCUT2D eigenvalue weighted by atomic mass is 16.7. The Morgan fingerprint density at radius 1 is 0.962 bits per heavy atom. The van der Waals surface area contributed by atoms with Crippen molar-refractivity contribution in [1.82, 2.24) is 0 Å². The summed E-state index contributed by atoms with van der Waals surface area (Å²) in [6.45, 7) is 0. The van der Waals surface area contributed by atoms with Crippen molar-refractivity contribution in [1.29, 1.82) is 0 Å². The van der Waals surface area contributed by atoms with Gasteiger partial charge in [-0.25, -0.2) is 9.59 Å². The minimum Gasteiger partial charge on any atom is -0.507 e. The lowest BCUT2D eigenvalue weighted by Crippen LogP contribution is -2.60. The Morgan fingerprint density at radius 2 is 1.58 bits per heavy atom. The first kappa shape index (κ1) is 19.5. The topological polar surface area (TPSA) is 194 Å². The van der Waals surface area contributed by atoms with Crippen LogP contribution < -0.4 is 0 Å². The molecule has 0 amide bonds. The number of aliphatic hydroxyl groups excluding tert-OH is 3.